The highest BCUT2D eigenvalue weighted by Crippen LogP contribution is 2.65. The lowest BCUT2D eigenvalue weighted by atomic mass is 9.49. The predicted molar refractivity (Wildman–Crippen MR) is 186 cm³/mol. The number of carbonyl (C=O) groups excluding carboxylic acids is 4. The number of phenolic OH excluding ortho intramolecular Hbond substituents is 1. The molecule has 2 aliphatic heterocycles. The van der Waals surface area contributed by atoms with E-state index < -0.39 is 40.9 Å². The van der Waals surface area contributed by atoms with Crippen LogP contribution in [0.25, 0.3) is 0 Å². The summed E-state index contributed by atoms with van der Waals surface area (Å²) in [5.74, 6) is -4.29. The van der Waals surface area contributed by atoms with Crippen LogP contribution in [-0.4, -0.2) is 53.9 Å². The molecule has 2 saturated carbocycles. The molecule has 5 aliphatic rings. The van der Waals surface area contributed by atoms with Crippen molar-refractivity contribution in [1.29, 1.82) is 0 Å². The summed E-state index contributed by atoms with van der Waals surface area (Å²) in [5.41, 5.74) is 0.999. The van der Waals surface area contributed by atoms with E-state index in [1.165, 1.54) is 19.1 Å². The van der Waals surface area contributed by atoms with E-state index in [-0.39, 0.29) is 47.4 Å². The minimum atomic E-state index is -1.45. The Hall–Kier alpha value is -4.63. The normalized spacial score (nSPS) is 29.4. The molecule has 0 spiro atoms. The van der Waals surface area contributed by atoms with E-state index in [4.69, 9.17) is 21.1 Å². The van der Waals surface area contributed by atoms with Gasteiger partial charge in [0.15, 0.2) is 11.5 Å². The number of anilines is 1. The number of likely N-dealkylation sites (tertiary alicyclic amines) is 1. The fourth-order valence-corrected chi connectivity index (χ4v) is 10.1. The van der Waals surface area contributed by atoms with Crippen molar-refractivity contribution in [2.75, 3.05) is 19.1 Å². The second-order valence-corrected chi connectivity index (χ2v) is 14.6. The maximum absolute atomic E-state index is 15.4. The third-order valence-electron chi connectivity index (χ3n) is 12.0. The first kappa shape index (κ1) is 32.6. The Labute approximate surface area is 295 Å². The zero-order valence-electron chi connectivity index (χ0n) is 28.0. The highest BCUT2D eigenvalue weighted by molar-refractivity contribution is 6.32. The number of halogens is 1. The Morgan fingerprint density at radius 1 is 0.820 bits per heavy atom. The van der Waals surface area contributed by atoms with Crippen LogP contribution in [0.5, 0.6) is 17.2 Å². The van der Waals surface area contributed by atoms with E-state index in [0.29, 0.717) is 28.3 Å². The molecule has 3 aliphatic carbocycles. The molecule has 3 aromatic rings. The second kappa shape index (κ2) is 12.3. The molecule has 50 heavy (non-hydrogen) atoms. The molecule has 0 aromatic heterocycles. The van der Waals surface area contributed by atoms with E-state index in [0.717, 1.165) is 37.7 Å². The van der Waals surface area contributed by atoms with Crippen LogP contribution in [0.15, 0.2) is 78.4 Å². The van der Waals surface area contributed by atoms with Crippen molar-refractivity contribution in [3.63, 3.8) is 0 Å². The summed E-state index contributed by atoms with van der Waals surface area (Å²) >= 11 is 6.41. The lowest BCUT2D eigenvalue weighted by Crippen LogP contribution is -2.53. The van der Waals surface area contributed by atoms with E-state index in [1.54, 1.807) is 41.3 Å². The van der Waals surface area contributed by atoms with Gasteiger partial charge in [-0.2, -0.15) is 0 Å². The minimum Gasteiger partial charge on any atom is -0.502 e. The molecule has 0 bridgehead atoms. The fraction of sp³-hybridized carbons (Fsp3) is 0.400. The Bertz CT molecular complexity index is 1910. The zero-order valence-corrected chi connectivity index (χ0v) is 28.8. The van der Waals surface area contributed by atoms with Crippen molar-refractivity contribution in [2.45, 2.75) is 62.3 Å². The number of nitrogens with zero attached hydrogens (tertiary/aromatic N) is 2. The monoisotopic (exact) mass is 694 g/mol. The summed E-state index contributed by atoms with van der Waals surface area (Å²) in [5, 5.41) is 11.4. The van der Waals surface area contributed by atoms with Gasteiger partial charge < -0.3 is 14.6 Å². The number of rotatable bonds is 6. The lowest BCUT2D eigenvalue weighted by molar-refractivity contribution is -0.143. The van der Waals surface area contributed by atoms with Crippen LogP contribution < -0.4 is 14.4 Å². The van der Waals surface area contributed by atoms with Gasteiger partial charge in [0.25, 0.3) is 0 Å². The number of carbonyl (C=O) groups is 4. The summed E-state index contributed by atoms with van der Waals surface area (Å²) in [4.78, 5) is 61.7. The standard InChI is InChI=1S/C40H39ClN2O7/c1-49-31-18-22(19-32(50-2)35(31)44)34-27-16-17-28-33(38(47)42(36(28)45)25-13-7-4-8-14-25)29(27)21-30-37(46)43(26-15-9-12-24(41)20-26)39(48)40(30,34)23-10-5-3-6-11-23/h3,5-6,9-12,15-16,18-20,25,28-30,33-34,44H,4,7-8,13-14,17,21H2,1-2H3/t28-,29+,30-,33-,34-,40+/m0/s1. The van der Waals surface area contributed by atoms with E-state index in [1.807, 2.05) is 36.4 Å². The Morgan fingerprint density at radius 2 is 1.52 bits per heavy atom. The van der Waals surface area contributed by atoms with Crippen LogP contribution >= 0.6 is 11.6 Å². The van der Waals surface area contributed by atoms with Gasteiger partial charge in [0.05, 0.1) is 43.1 Å². The van der Waals surface area contributed by atoms with Gasteiger partial charge in [-0.1, -0.05) is 78.9 Å². The average Bonchev–Trinajstić information content (AvgIpc) is 3.53. The second-order valence-electron chi connectivity index (χ2n) is 14.2. The van der Waals surface area contributed by atoms with Crippen molar-refractivity contribution in [3.8, 4) is 17.2 Å². The highest BCUT2D eigenvalue weighted by Gasteiger charge is 2.70. The molecule has 4 amide bonds. The molecule has 6 atom stereocenters. The summed E-state index contributed by atoms with van der Waals surface area (Å²) in [7, 11) is 2.88. The molecule has 0 radical (unpaired) electrons. The first-order valence-electron chi connectivity index (χ1n) is 17.4. The fourth-order valence-electron chi connectivity index (χ4n) is 9.92. The molecule has 2 heterocycles. The van der Waals surface area contributed by atoms with Crippen LogP contribution in [0.1, 0.15) is 62.0 Å². The van der Waals surface area contributed by atoms with Crippen molar-refractivity contribution in [1.82, 2.24) is 4.90 Å². The molecule has 0 unspecified atom stereocenters. The lowest BCUT2D eigenvalue weighted by Gasteiger charge is -2.50. The summed E-state index contributed by atoms with van der Waals surface area (Å²) in [6, 6.07) is 19.3. The predicted octanol–water partition coefficient (Wildman–Crippen LogP) is 6.56. The van der Waals surface area contributed by atoms with Crippen molar-refractivity contribution in [3.05, 3.63) is 94.5 Å². The number of allylic oxidation sites excluding steroid dienone is 2. The van der Waals surface area contributed by atoms with Gasteiger partial charge in [-0.15, -0.1) is 0 Å². The molecule has 8 rings (SSSR count). The quantitative estimate of drug-likeness (QED) is 0.230. The van der Waals surface area contributed by atoms with Crippen molar-refractivity contribution >= 4 is 40.9 Å². The van der Waals surface area contributed by atoms with Crippen LogP contribution in [0.3, 0.4) is 0 Å². The van der Waals surface area contributed by atoms with Gasteiger partial charge in [0, 0.05) is 17.0 Å². The number of hydrogen-bond donors (Lipinski definition) is 1. The number of benzene rings is 3. The van der Waals surface area contributed by atoms with Crippen LogP contribution in [0.2, 0.25) is 5.02 Å². The number of imide groups is 2. The molecular weight excluding hydrogens is 656 g/mol. The molecule has 4 fully saturated rings. The third kappa shape index (κ3) is 4.58. The van der Waals surface area contributed by atoms with Gasteiger partial charge >= 0.3 is 0 Å². The first-order valence-corrected chi connectivity index (χ1v) is 17.8. The van der Waals surface area contributed by atoms with Crippen molar-refractivity contribution in [2.24, 2.45) is 23.7 Å². The summed E-state index contributed by atoms with van der Waals surface area (Å²) in [6.45, 7) is 0. The number of methoxy groups -OCH3 is 2. The van der Waals surface area contributed by atoms with Gasteiger partial charge in [-0.05, 0) is 73.1 Å². The maximum Gasteiger partial charge on any atom is 0.246 e. The van der Waals surface area contributed by atoms with Gasteiger partial charge in [-0.25, -0.2) is 4.90 Å². The molecule has 10 heteroatoms. The summed E-state index contributed by atoms with van der Waals surface area (Å²) in [6.07, 6.45) is 7.27. The average molecular weight is 695 g/mol. The topological polar surface area (TPSA) is 113 Å². The summed E-state index contributed by atoms with van der Waals surface area (Å²) < 4.78 is 11.2. The number of hydrogen-bond acceptors (Lipinski definition) is 7. The minimum absolute atomic E-state index is 0.112. The Kier molecular flexibility index (Phi) is 8.01. The van der Waals surface area contributed by atoms with Gasteiger partial charge in [-0.3, -0.25) is 24.1 Å². The zero-order chi connectivity index (χ0) is 34.9. The third-order valence-corrected chi connectivity index (χ3v) is 12.2. The number of fused-ring (bicyclic) bond motifs is 4. The van der Waals surface area contributed by atoms with Crippen LogP contribution in [-0.2, 0) is 24.6 Å². The molecular formula is C40H39ClN2O7. The number of aromatic hydroxyl groups is 1. The van der Waals surface area contributed by atoms with Crippen LogP contribution in [0, 0.1) is 23.7 Å². The van der Waals surface area contributed by atoms with Gasteiger partial charge in [0.2, 0.25) is 29.4 Å². The first-order chi connectivity index (χ1) is 24.2. The van der Waals surface area contributed by atoms with E-state index in [9.17, 15) is 19.5 Å². The Morgan fingerprint density at radius 3 is 2.18 bits per heavy atom. The highest BCUT2D eigenvalue weighted by atomic mass is 35.5. The van der Waals surface area contributed by atoms with E-state index >= 15 is 4.79 Å². The SMILES string of the molecule is COc1cc([C@H]2C3=CC[C@@H]4C(=O)N(C5CCCCC5)C(=O)[C@@H]4[C@@H]3C[C@H]3C(=O)N(c4cccc(Cl)c4)C(=O)[C@@]23c2ccccc2)cc(OC)c1O. The molecule has 1 N–H and O–H groups in total. The van der Waals surface area contributed by atoms with Crippen molar-refractivity contribution < 1.29 is 33.8 Å². The van der Waals surface area contributed by atoms with E-state index in [2.05, 4.69) is 0 Å². The molecule has 3 aromatic carbocycles. The number of phenols is 1. The smallest absolute Gasteiger partial charge is 0.246 e. The number of ether oxygens (including phenoxy) is 2. The van der Waals surface area contributed by atoms with Crippen LogP contribution in [0.4, 0.5) is 5.69 Å². The molecule has 258 valence electrons. The largest absolute Gasteiger partial charge is 0.502 e. The number of amides is 4. The Balaban J connectivity index is 1.37. The maximum atomic E-state index is 15.4. The molecule has 9 nitrogen and oxygen atoms in total. The molecule has 2 saturated heterocycles. The van der Waals surface area contributed by atoms with Gasteiger partial charge in [0.1, 0.15) is 0 Å².